The molecule has 0 saturated carbocycles. The molecule has 0 aliphatic carbocycles. The second kappa shape index (κ2) is 18.6. The Labute approximate surface area is 385 Å². The number of alkyl halides is 3. The van der Waals surface area contributed by atoms with Crippen molar-refractivity contribution in [3.8, 4) is 62.7 Å². The third-order valence-electron chi connectivity index (χ3n) is 10.4. The SMILES string of the molecule is CC(C)(CNS(=O)(=O)c1ccccc1-c1ccc(-c2ncc(N)nc2C#N)c(F)c1)COc1cc(-c2ccc(-c3ncc(N)nc3C#N)c(F)c2)c(S(=O)(=O)N2CCNC(=O)C2)cc1C(F)(F)F. The fourth-order valence-electron chi connectivity index (χ4n) is 7.04. The molecule has 1 saturated heterocycles. The van der Waals surface area contributed by atoms with E-state index in [1.807, 2.05) is 0 Å². The molecule has 68 heavy (non-hydrogen) atoms. The van der Waals surface area contributed by atoms with Gasteiger partial charge in [-0.15, -0.1) is 0 Å². The highest BCUT2D eigenvalue weighted by molar-refractivity contribution is 7.89. The smallest absolute Gasteiger partial charge is 0.420 e. The lowest BCUT2D eigenvalue weighted by Crippen LogP contribution is -2.49. The Morgan fingerprint density at radius 3 is 1.88 bits per heavy atom. The van der Waals surface area contributed by atoms with Gasteiger partial charge in [0.2, 0.25) is 26.0 Å². The maximum Gasteiger partial charge on any atom is 0.420 e. The van der Waals surface area contributed by atoms with Gasteiger partial charge in [0, 0.05) is 47.3 Å². The number of amides is 1. The Balaban J connectivity index is 1.20. The largest absolute Gasteiger partial charge is 0.492 e. The highest BCUT2D eigenvalue weighted by atomic mass is 32.2. The van der Waals surface area contributed by atoms with Crippen molar-refractivity contribution in [2.45, 2.75) is 29.8 Å². The molecular formula is C44H36F5N11O6S2. The predicted octanol–water partition coefficient (Wildman–Crippen LogP) is 5.64. The van der Waals surface area contributed by atoms with Crippen LogP contribution in [-0.4, -0.2) is 79.8 Å². The molecule has 0 bridgehead atoms. The predicted molar refractivity (Wildman–Crippen MR) is 235 cm³/mol. The van der Waals surface area contributed by atoms with Crippen LogP contribution < -0.4 is 26.2 Å². The van der Waals surface area contributed by atoms with Crippen molar-refractivity contribution in [1.82, 2.24) is 34.3 Å². The van der Waals surface area contributed by atoms with Gasteiger partial charge in [0.15, 0.2) is 11.4 Å². The normalized spacial score (nSPS) is 13.6. The van der Waals surface area contributed by atoms with Gasteiger partial charge in [0.1, 0.15) is 52.5 Å². The summed E-state index contributed by atoms with van der Waals surface area (Å²) in [6.45, 7) is 0.748. The number of halogens is 5. The Kier molecular flexibility index (Phi) is 13.2. The molecule has 1 amide bonds. The van der Waals surface area contributed by atoms with Crippen molar-refractivity contribution < 1.29 is 48.3 Å². The average molecular weight is 974 g/mol. The molecule has 0 unspecified atom stereocenters. The van der Waals surface area contributed by atoms with Crippen LogP contribution in [0.15, 0.2) is 95.0 Å². The van der Waals surface area contributed by atoms with Crippen LogP contribution in [0.25, 0.3) is 44.8 Å². The average Bonchev–Trinajstić information content (AvgIpc) is 3.30. The molecule has 2 aromatic heterocycles. The molecule has 3 heterocycles. The molecule has 6 N–H and O–H groups in total. The Hall–Kier alpha value is -7.64. The van der Waals surface area contributed by atoms with Crippen molar-refractivity contribution >= 4 is 37.6 Å². The first-order valence-corrected chi connectivity index (χ1v) is 22.8. The number of carbonyl (C=O) groups is 1. The third-order valence-corrected chi connectivity index (χ3v) is 13.8. The highest BCUT2D eigenvalue weighted by Gasteiger charge is 2.40. The number of nitrogens with two attached hydrogens (primary N) is 2. The van der Waals surface area contributed by atoms with Gasteiger partial charge in [-0.3, -0.25) is 4.79 Å². The van der Waals surface area contributed by atoms with E-state index >= 15 is 8.78 Å². The number of ether oxygens (including phenoxy) is 1. The second-order valence-electron chi connectivity index (χ2n) is 15.9. The lowest BCUT2D eigenvalue weighted by atomic mass is 9.95. The fourth-order valence-corrected chi connectivity index (χ4v) is 10.1. The highest BCUT2D eigenvalue weighted by Crippen LogP contribution is 2.44. The summed E-state index contributed by atoms with van der Waals surface area (Å²) in [5, 5.41) is 21.5. The lowest BCUT2D eigenvalue weighted by Gasteiger charge is -2.29. The molecule has 1 fully saturated rings. The summed E-state index contributed by atoms with van der Waals surface area (Å²) in [5.41, 5.74) is 6.62. The van der Waals surface area contributed by atoms with Crippen molar-refractivity contribution in [2.24, 2.45) is 5.41 Å². The number of carbonyl (C=O) groups excluding carboxylic acids is 1. The monoisotopic (exact) mass is 973 g/mol. The Bertz CT molecular complexity index is 3330. The number of hydrogen-bond acceptors (Lipinski definition) is 14. The van der Waals surface area contributed by atoms with Crippen molar-refractivity contribution in [2.75, 3.05) is 44.3 Å². The lowest BCUT2D eigenvalue weighted by molar-refractivity contribution is -0.139. The molecule has 1 aliphatic heterocycles. The molecule has 0 spiro atoms. The third kappa shape index (κ3) is 10.0. The zero-order valence-corrected chi connectivity index (χ0v) is 37.2. The molecular weight excluding hydrogens is 938 g/mol. The summed E-state index contributed by atoms with van der Waals surface area (Å²) < 4.78 is 141. The van der Waals surface area contributed by atoms with Crippen molar-refractivity contribution in [3.63, 3.8) is 0 Å². The van der Waals surface area contributed by atoms with Crippen LogP contribution in [-0.2, 0) is 31.0 Å². The molecule has 0 radical (unpaired) electrons. The summed E-state index contributed by atoms with van der Waals surface area (Å²) >= 11 is 0. The summed E-state index contributed by atoms with van der Waals surface area (Å²) in [6, 6.07) is 17.2. The number of benzene rings is 4. The molecule has 350 valence electrons. The van der Waals surface area contributed by atoms with Gasteiger partial charge in [-0.1, -0.05) is 44.2 Å². The number of nitrogens with zero attached hydrogens (tertiary/aromatic N) is 7. The summed E-state index contributed by atoms with van der Waals surface area (Å²) in [4.78, 5) is 26.7. The molecule has 4 aromatic carbocycles. The first-order valence-electron chi connectivity index (χ1n) is 19.9. The molecule has 6 aromatic rings. The number of nitriles is 2. The molecule has 7 rings (SSSR count). The quantitative estimate of drug-likeness (QED) is 0.102. The van der Waals surface area contributed by atoms with Crippen molar-refractivity contribution in [1.29, 1.82) is 10.5 Å². The van der Waals surface area contributed by atoms with Crippen LogP contribution in [0.3, 0.4) is 0 Å². The van der Waals surface area contributed by atoms with Gasteiger partial charge in [-0.2, -0.15) is 28.0 Å². The molecule has 17 nitrogen and oxygen atoms in total. The van der Waals surface area contributed by atoms with E-state index in [-0.39, 0.29) is 80.2 Å². The first kappa shape index (κ1) is 48.3. The fraction of sp³-hybridized carbons (Fsp3) is 0.205. The Morgan fingerprint density at radius 1 is 0.794 bits per heavy atom. The number of anilines is 2. The van der Waals surface area contributed by atoms with E-state index in [0.717, 1.165) is 36.7 Å². The van der Waals surface area contributed by atoms with E-state index in [9.17, 15) is 45.3 Å². The van der Waals surface area contributed by atoms with E-state index in [4.69, 9.17) is 16.2 Å². The second-order valence-corrected chi connectivity index (χ2v) is 19.5. The minimum atomic E-state index is -5.25. The van der Waals surface area contributed by atoms with E-state index < -0.39 is 90.6 Å². The van der Waals surface area contributed by atoms with Crippen LogP contribution in [0.1, 0.15) is 30.8 Å². The van der Waals surface area contributed by atoms with Gasteiger partial charge in [0.25, 0.3) is 0 Å². The number of aromatic nitrogens is 4. The number of nitrogen functional groups attached to an aromatic ring is 2. The van der Waals surface area contributed by atoms with Gasteiger partial charge in [0.05, 0.1) is 40.9 Å². The first-order chi connectivity index (χ1) is 32.0. The van der Waals surface area contributed by atoms with Gasteiger partial charge < -0.3 is 21.5 Å². The number of rotatable bonds is 13. The van der Waals surface area contributed by atoms with Gasteiger partial charge in [-0.05, 0) is 53.6 Å². The number of hydrogen-bond donors (Lipinski definition) is 4. The van der Waals surface area contributed by atoms with E-state index in [2.05, 4.69) is 30.0 Å². The summed E-state index contributed by atoms with van der Waals surface area (Å²) in [6.07, 6.45) is -3.03. The van der Waals surface area contributed by atoms with E-state index in [0.29, 0.717) is 10.4 Å². The van der Waals surface area contributed by atoms with Crippen LogP contribution >= 0.6 is 0 Å². The number of piperazine rings is 1. The van der Waals surface area contributed by atoms with Crippen LogP contribution in [0.2, 0.25) is 0 Å². The van der Waals surface area contributed by atoms with Crippen LogP contribution in [0.4, 0.5) is 33.6 Å². The molecule has 24 heteroatoms. The molecule has 0 atom stereocenters. The zero-order valence-electron chi connectivity index (χ0n) is 35.6. The number of sulfonamides is 2. The summed E-state index contributed by atoms with van der Waals surface area (Å²) in [5.74, 6) is -3.73. The number of nitrogens with one attached hydrogen (secondary N) is 2. The van der Waals surface area contributed by atoms with E-state index in [1.165, 1.54) is 56.3 Å². The van der Waals surface area contributed by atoms with Gasteiger partial charge in [-0.25, -0.2) is 50.3 Å². The minimum Gasteiger partial charge on any atom is -0.492 e. The summed E-state index contributed by atoms with van der Waals surface area (Å²) in [7, 11) is -9.35. The van der Waals surface area contributed by atoms with Gasteiger partial charge >= 0.3 is 6.18 Å². The van der Waals surface area contributed by atoms with E-state index in [1.54, 1.807) is 12.1 Å². The molecule has 1 aliphatic rings. The van der Waals surface area contributed by atoms with Crippen molar-refractivity contribution in [3.05, 3.63) is 114 Å². The standard InChI is InChI=1S/C44H36F5N11O6S2/c1-43(2,22-57-67(62,63)36-6-4-3-5-26(36)24-7-9-27(31(45)13-24)41-33(17-50)58-38(52)19-55-41)23-66-35-15-29(25-8-10-28(32(46)14-25)42-34(18-51)59-39(53)20-56-42)37(16-30(35)44(47,48)49)68(64,65)60-12-11-54-40(61)21-60/h3-10,13-16,19-20,57H,11-12,21-23H2,1-2H3,(H2,52,58)(H2,53,59)(H,54,61). The maximum absolute atomic E-state index is 16.0. The van der Waals surface area contributed by atoms with Crippen LogP contribution in [0, 0.1) is 39.7 Å². The maximum atomic E-state index is 16.0. The van der Waals surface area contributed by atoms with Crippen LogP contribution in [0.5, 0.6) is 5.75 Å². The topological polar surface area (TPSA) is 273 Å². The zero-order chi connectivity index (χ0) is 49.3. The Morgan fingerprint density at radius 2 is 1.35 bits per heavy atom. The minimum absolute atomic E-state index is 0.0573.